The van der Waals surface area contributed by atoms with Gasteiger partial charge in [-0.3, -0.25) is 9.59 Å². The molecule has 6 N–H and O–H groups in total. The summed E-state index contributed by atoms with van der Waals surface area (Å²) in [6.45, 7) is 3.66. The zero-order chi connectivity index (χ0) is 22.3. The summed E-state index contributed by atoms with van der Waals surface area (Å²) in [5, 5.41) is 8.47. The lowest BCUT2D eigenvalue weighted by Gasteiger charge is -2.35. The van der Waals surface area contributed by atoms with Gasteiger partial charge in [0, 0.05) is 24.1 Å². The zero-order valence-corrected chi connectivity index (χ0v) is 17.5. The van der Waals surface area contributed by atoms with E-state index in [1.807, 2.05) is 31.2 Å². The molecule has 0 fully saturated rings. The topological polar surface area (TPSA) is 151 Å². The largest absolute Gasteiger partial charge is 0.424 e. The normalized spacial score (nSPS) is 15.5. The molecule has 2 aromatic carbocycles. The highest BCUT2D eigenvalue weighted by atomic mass is 16.4. The number of benzene rings is 2. The van der Waals surface area contributed by atoms with Crippen molar-refractivity contribution in [3.8, 4) is 0 Å². The summed E-state index contributed by atoms with van der Waals surface area (Å²) in [5.41, 5.74) is 21.2. The summed E-state index contributed by atoms with van der Waals surface area (Å²) in [7, 11) is 0. The zero-order valence-electron chi connectivity index (χ0n) is 17.5. The van der Waals surface area contributed by atoms with Crippen molar-refractivity contribution in [1.82, 2.24) is 10.2 Å². The van der Waals surface area contributed by atoms with Gasteiger partial charge in [-0.25, -0.2) is 0 Å². The lowest BCUT2D eigenvalue weighted by atomic mass is 9.68. The van der Waals surface area contributed by atoms with Crippen molar-refractivity contribution in [3.05, 3.63) is 81.6 Å². The summed E-state index contributed by atoms with van der Waals surface area (Å²) in [5.74, 6) is -0.127. The molecule has 2 amide bonds. The van der Waals surface area contributed by atoms with Crippen LogP contribution in [0, 0.1) is 6.92 Å². The average molecular weight is 419 g/mol. The van der Waals surface area contributed by atoms with Crippen LogP contribution in [0.3, 0.4) is 0 Å². The number of aryl methyl sites for hydroxylation is 3. The number of amides is 2. The van der Waals surface area contributed by atoms with Crippen LogP contribution in [-0.4, -0.2) is 28.1 Å². The average Bonchev–Trinajstić information content (AvgIpc) is 3.11. The van der Waals surface area contributed by atoms with Crippen molar-refractivity contribution < 1.29 is 14.0 Å². The molecule has 3 aromatic rings. The monoisotopic (exact) mass is 419 g/mol. The van der Waals surface area contributed by atoms with Crippen LogP contribution in [0.4, 0.5) is 0 Å². The third-order valence-electron chi connectivity index (χ3n) is 5.88. The third-order valence-corrected chi connectivity index (χ3v) is 5.88. The number of carbonyl (C=O) groups is 2. The second kappa shape index (κ2) is 7.63. The molecule has 1 aliphatic rings. The molecule has 1 atom stereocenters. The van der Waals surface area contributed by atoms with Gasteiger partial charge in [-0.2, -0.15) is 0 Å². The Morgan fingerprint density at radius 3 is 1.90 bits per heavy atom. The Morgan fingerprint density at radius 1 is 1.00 bits per heavy atom. The number of carbonyl (C=O) groups excluding carboxylic acids is 2. The van der Waals surface area contributed by atoms with Crippen LogP contribution in [0.15, 0.2) is 40.8 Å². The number of hydrogen-bond donors (Lipinski definition) is 3. The smallest absolute Gasteiger partial charge is 0.248 e. The molecular weight excluding hydrogens is 394 g/mol. The quantitative estimate of drug-likeness (QED) is 0.573. The first-order valence-electron chi connectivity index (χ1n) is 10.1. The molecule has 1 aromatic heterocycles. The Kier molecular flexibility index (Phi) is 5.10. The molecule has 0 spiro atoms. The van der Waals surface area contributed by atoms with Crippen molar-refractivity contribution in [2.24, 2.45) is 17.2 Å². The minimum Gasteiger partial charge on any atom is -0.424 e. The number of aromatic nitrogens is 2. The Bertz CT molecular complexity index is 1120. The first-order valence-corrected chi connectivity index (χ1v) is 10.1. The maximum atomic E-state index is 11.8. The molecular formula is C23H25N5O3. The maximum Gasteiger partial charge on any atom is 0.248 e. The first-order chi connectivity index (χ1) is 14.7. The second-order valence-electron chi connectivity index (χ2n) is 8.19. The van der Waals surface area contributed by atoms with Crippen LogP contribution in [0.25, 0.3) is 0 Å². The molecule has 31 heavy (non-hydrogen) atoms. The van der Waals surface area contributed by atoms with Crippen LogP contribution >= 0.6 is 0 Å². The number of rotatable bonds is 5. The maximum absolute atomic E-state index is 11.8. The molecule has 1 heterocycles. The van der Waals surface area contributed by atoms with E-state index in [-0.39, 0.29) is 6.04 Å². The van der Waals surface area contributed by atoms with Crippen LogP contribution in [0.1, 0.15) is 68.1 Å². The molecule has 4 rings (SSSR count). The second-order valence-corrected chi connectivity index (χ2v) is 8.19. The van der Waals surface area contributed by atoms with E-state index in [0.717, 1.165) is 22.3 Å². The van der Waals surface area contributed by atoms with Gasteiger partial charge in [-0.1, -0.05) is 12.1 Å². The minimum atomic E-state index is -0.844. The number of hydrogen-bond acceptors (Lipinski definition) is 6. The highest BCUT2D eigenvalue weighted by Crippen LogP contribution is 2.47. The molecule has 0 bridgehead atoms. The SMILES string of the molecule is Cc1nnc(C2(C[C@@H](C)N)c3ccc(C(N)=O)cc3CCc3cc(C(N)=O)ccc32)o1. The lowest BCUT2D eigenvalue weighted by molar-refractivity contribution is 0.0991. The molecule has 8 nitrogen and oxygen atoms in total. The van der Waals surface area contributed by atoms with Gasteiger partial charge in [0.1, 0.15) is 5.41 Å². The fraction of sp³-hybridized carbons (Fsp3) is 0.304. The molecule has 0 aliphatic heterocycles. The Hall–Kier alpha value is -3.52. The Labute approximate surface area is 179 Å². The van der Waals surface area contributed by atoms with Crippen molar-refractivity contribution in [2.75, 3.05) is 0 Å². The van der Waals surface area contributed by atoms with Gasteiger partial charge >= 0.3 is 0 Å². The van der Waals surface area contributed by atoms with E-state index in [9.17, 15) is 9.59 Å². The number of fused-ring (bicyclic) bond motifs is 2. The lowest BCUT2D eigenvalue weighted by Crippen LogP contribution is -2.37. The van der Waals surface area contributed by atoms with Crippen LogP contribution in [0.5, 0.6) is 0 Å². The van der Waals surface area contributed by atoms with Crippen LogP contribution in [-0.2, 0) is 18.3 Å². The van der Waals surface area contributed by atoms with Crippen LogP contribution < -0.4 is 17.2 Å². The number of nitrogens with zero attached hydrogens (tertiary/aromatic N) is 2. The molecule has 160 valence electrons. The summed E-state index contributed by atoms with van der Waals surface area (Å²) < 4.78 is 5.99. The van der Waals surface area contributed by atoms with Gasteiger partial charge in [-0.05, 0) is 72.7 Å². The Morgan fingerprint density at radius 2 is 1.52 bits per heavy atom. The van der Waals surface area contributed by atoms with Crippen LogP contribution in [0.2, 0.25) is 0 Å². The van der Waals surface area contributed by atoms with Gasteiger partial charge in [0.15, 0.2) is 0 Å². The van der Waals surface area contributed by atoms with E-state index in [1.54, 1.807) is 19.1 Å². The summed E-state index contributed by atoms with van der Waals surface area (Å²) in [6, 6.07) is 10.6. The van der Waals surface area contributed by atoms with Gasteiger partial charge in [0.05, 0.1) is 0 Å². The van der Waals surface area contributed by atoms with Crippen molar-refractivity contribution in [1.29, 1.82) is 0 Å². The third kappa shape index (κ3) is 3.48. The minimum absolute atomic E-state index is 0.211. The van der Waals surface area contributed by atoms with Crippen molar-refractivity contribution in [2.45, 2.75) is 44.6 Å². The molecule has 0 unspecified atom stereocenters. The van der Waals surface area contributed by atoms with Gasteiger partial charge < -0.3 is 21.6 Å². The number of nitrogens with two attached hydrogens (primary N) is 3. The fourth-order valence-corrected chi connectivity index (χ4v) is 4.64. The summed E-state index contributed by atoms with van der Waals surface area (Å²) in [6.07, 6.45) is 1.76. The van der Waals surface area contributed by atoms with Gasteiger partial charge in [0.25, 0.3) is 0 Å². The predicted molar refractivity (Wildman–Crippen MR) is 115 cm³/mol. The molecule has 0 saturated carbocycles. The molecule has 0 saturated heterocycles. The summed E-state index contributed by atoms with van der Waals surface area (Å²) >= 11 is 0. The van der Waals surface area contributed by atoms with Gasteiger partial charge in [0.2, 0.25) is 23.6 Å². The standard InChI is InChI=1S/C23H25N5O3/c1-12(24)11-23(22-28-27-13(2)31-22)18-7-5-16(20(25)29)9-14(18)3-4-15-10-17(21(26)30)6-8-19(15)23/h5-10,12H,3-4,11,24H2,1-2H3,(H2,25,29)(H2,26,30)/t12-/m1/s1. The predicted octanol–water partition coefficient (Wildman–Crippen LogP) is 1.75. The molecule has 0 radical (unpaired) electrons. The molecule has 8 heteroatoms. The molecule has 1 aliphatic carbocycles. The van der Waals surface area contributed by atoms with E-state index in [4.69, 9.17) is 21.6 Å². The van der Waals surface area contributed by atoms with E-state index < -0.39 is 17.2 Å². The van der Waals surface area contributed by atoms with Gasteiger partial charge in [-0.15, -0.1) is 10.2 Å². The Balaban J connectivity index is 2.08. The number of primary amides is 2. The van der Waals surface area contributed by atoms with E-state index in [1.165, 1.54) is 0 Å². The van der Waals surface area contributed by atoms with E-state index in [2.05, 4.69) is 10.2 Å². The highest BCUT2D eigenvalue weighted by molar-refractivity contribution is 5.94. The fourth-order valence-electron chi connectivity index (χ4n) is 4.64. The van der Waals surface area contributed by atoms with E-state index in [0.29, 0.717) is 42.2 Å². The van der Waals surface area contributed by atoms with Crippen molar-refractivity contribution >= 4 is 11.8 Å². The van der Waals surface area contributed by atoms with E-state index >= 15 is 0 Å². The highest BCUT2D eigenvalue weighted by Gasteiger charge is 2.46. The van der Waals surface area contributed by atoms with Crippen molar-refractivity contribution in [3.63, 3.8) is 0 Å². The summed E-state index contributed by atoms with van der Waals surface area (Å²) in [4.78, 5) is 23.7. The first kappa shape index (κ1) is 20.7.